The van der Waals surface area contributed by atoms with E-state index in [1.807, 2.05) is 6.07 Å². The molecule has 4 rings (SSSR count). The molecule has 0 saturated heterocycles. The molecular weight excluding hydrogens is 396 g/mol. The number of aromatic nitrogens is 2. The summed E-state index contributed by atoms with van der Waals surface area (Å²) >= 11 is 5.96. The third-order valence-corrected chi connectivity index (χ3v) is 6.32. The monoisotopic (exact) mass is 424 g/mol. The fourth-order valence-corrected chi connectivity index (χ4v) is 4.48. The molecule has 1 amide bonds. The zero-order valence-electron chi connectivity index (χ0n) is 17.7. The van der Waals surface area contributed by atoms with E-state index in [0.29, 0.717) is 16.5 Å². The lowest BCUT2D eigenvalue weighted by atomic mass is 9.89. The molecule has 0 aliphatic heterocycles. The minimum absolute atomic E-state index is 0.147. The highest BCUT2D eigenvalue weighted by Crippen LogP contribution is 2.35. The first-order valence-electron chi connectivity index (χ1n) is 10.9. The van der Waals surface area contributed by atoms with Crippen LogP contribution in [0.5, 0.6) is 0 Å². The summed E-state index contributed by atoms with van der Waals surface area (Å²) in [6, 6.07) is 11.1. The molecule has 1 aliphatic carbocycles. The van der Waals surface area contributed by atoms with Crippen LogP contribution >= 0.6 is 11.6 Å². The van der Waals surface area contributed by atoms with Gasteiger partial charge in [0.2, 0.25) is 0 Å². The average molecular weight is 425 g/mol. The van der Waals surface area contributed by atoms with Gasteiger partial charge in [0.25, 0.3) is 5.91 Å². The maximum absolute atomic E-state index is 12.9. The molecule has 0 atom stereocenters. The predicted molar refractivity (Wildman–Crippen MR) is 125 cm³/mol. The first kappa shape index (κ1) is 20.7. The minimum atomic E-state index is -0.147. The molecule has 0 radical (unpaired) electrons. The molecule has 30 heavy (non-hydrogen) atoms. The number of amides is 1. The Labute approximate surface area is 182 Å². The third-order valence-electron chi connectivity index (χ3n) is 6.07. The maximum atomic E-state index is 12.9. The van der Waals surface area contributed by atoms with Gasteiger partial charge in [0, 0.05) is 29.6 Å². The molecule has 1 aromatic heterocycles. The summed E-state index contributed by atoms with van der Waals surface area (Å²) in [5.41, 5.74) is 4.30. The van der Waals surface area contributed by atoms with Crippen LogP contribution < -0.4 is 10.2 Å². The molecule has 5 nitrogen and oxygen atoms in total. The zero-order chi connectivity index (χ0) is 21.1. The van der Waals surface area contributed by atoms with Gasteiger partial charge in [-0.2, -0.15) is 0 Å². The van der Waals surface area contributed by atoms with Gasteiger partial charge in [-0.25, -0.2) is 4.98 Å². The number of halogens is 1. The van der Waals surface area contributed by atoms with Gasteiger partial charge in [-0.05, 0) is 63.1 Å². The van der Waals surface area contributed by atoms with E-state index < -0.39 is 0 Å². The van der Waals surface area contributed by atoms with E-state index in [1.54, 1.807) is 24.3 Å². The van der Waals surface area contributed by atoms with Gasteiger partial charge in [-0.3, -0.25) is 4.79 Å². The first-order valence-corrected chi connectivity index (χ1v) is 11.3. The molecule has 1 heterocycles. The Morgan fingerprint density at radius 1 is 1.13 bits per heavy atom. The lowest BCUT2D eigenvalue weighted by molar-refractivity contribution is 0.102. The molecular formula is C24H29ClN4O. The van der Waals surface area contributed by atoms with Crippen molar-refractivity contribution < 1.29 is 4.79 Å². The SMILES string of the molecule is CCN(CC)c1cc2nc(C3CCCCC3)[nH]c2cc1NC(=O)c1ccc(Cl)cc1. The highest BCUT2D eigenvalue weighted by molar-refractivity contribution is 6.30. The number of fused-ring (bicyclic) bond motifs is 1. The average Bonchev–Trinajstić information content (AvgIpc) is 3.19. The number of carbonyl (C=O) groups excluding carboxylic acids is 1. The Bertz CT molecular complexity index is 1020. The lowest BCUT2D eigenvalue weighted by Crippen LogP contribution is -2.24. The van der Waals surface area contributed by atoms with Crippen molar-refractivity contribution in [3.63, 3.8) is 0 Å². The van der Waals surface area contributed by atoms with Crippen molar-refractivity contribution >= 4 is 39.9 Å². The summed E-state index contributed by atoms with van der Waals surface area (Å²) in [5, 5.41) is 3.72. The van der Waals surface area contributed by atoms with Crippen molar-refractivity contribution in [1.82, 2.24) is 9.97 Å². The summed E-state index contributed by atoms with van der Waals surface area (Å²) in [6.07, 6.45) is 6.26. The molecule has 0 spiro atoms. The zero-order valence-corrected chi connectivity index (χ0v) is 18.4. The molecule has 1 saturated carbocycles. The van der Waals surface area contributed by atoms with Crippen LogP contribution in [0.3, 0.4) is 0 Å². The number of benzene rings is 2. The number of imidazole rings is 1. The van der Waals surface area contributed by atoms with Crippen molar-refractivity contribution in [2.24, 2.45) is 0 Å². The summed E-state index contributed by atoms with van der Waals surface area (Å²) in [4.78, 5) is 23.6. The Balaban J connectivity index is 1.70. The Kier molecular flexibility index (Phi) is 6.28. The van der Waals surface area contributed by atoms with Crippen LogP contribution in [0, 0.1) is 0 Å². The number of carbonyl (C=O) groups is 1. The highest BCUT2D eigenvalue weighted by atomic mass is 35.5. The van der Waals surface area contributed by atoms with Crippen molar-refractivity contribution in [2.75, 3.05) is 23.3 Å². The van der Waals surface area contributed by atoms with E-state index in [4.69, 9.17) is 16.6 Å². The fourth-order valence-electron chi connectivity index (χ4n) is 4.36. The number of hydrogen-bond acceptors (Lipinski definition) is 3. The van der Waals surface area contributed by atoms with Crippen molar-refractivity contribution in [2.45, 2.75) is 51.9 Å². The van der Waals surface area contributed by atoms with Crippen LogP contribution in [0.1, 0.15) is 68.1 Å². The molecule has 1 aliphatic rings. The standard InChI is InChI=1S/C24H29ClN4O/c1-3-29(4-2)22-15-20-19(26-23(27-20)16-8-6-5-7-9-16)14-21(22)28-24(30)17-10-12-18(25)13-11-17/h10-16H,3-9H2,1-2H3,(H,26,27)(H,28,30). The summed E-state index contributed by atoms with van der Waals surface area (Å²) in [5.74, 6) is 1.44. The first-order chi connectivity index (χ1) is 14.6. The van der Waals surface area contributed by atoms with Gasteiger partial charge in [0.15, 0.2) is 0 Å². The Hall–Kier alpha value is -2.53. The van der Waals surface area contributed by atoms with Crippen LogP contribution in [0.25, 0.3) is 11.0 Å². The van der Waals surface area contributed by atoms with E-state index in [-0.39, 0.29) is 5.91 Å². The van der Waals surface area contributed by atoms with Gasteiger partial charge in [0.05, 0.1) is 22.4 Å². The van der Waals surface area contributed by atoms with Crippen molar-refractivity contribution in [3.05, 3.63) is 52.8 Å². The molecule has 6 heteroatoms. The van der Waals surface area contributed by atoms with E-state index in [9.17, 15) is 4.79 Å². The summed E-state index contributed by atoms with van der Waals surface area (Å²) in [6.45, 7) is 5.95. The molecule has 1 fully saturated rings. The van der Waals surface area contributed by atoms with Gasteiger partial charge in [-0.1, -0.05) is 30.9 Å². The summed E-state index contributed by atoms with van der Waals surface area (Å²) in [7, 11) is 0. The van der Waals surface area contributed by atoms with E-state index in [2.05, 4.69) is 35.1 Å². The number of hydrogen-bond donors (Lipinski definition) is 2. The van der Waals surface area contributed by atoms with Gasteiger partial charge in [0.1, 0.15) is 5.82 Å². The van der Waals surface area contributed by atoms with E-state index in [1.165, 1.54) is 32.1 Å². The fraction of sp³-hybridized carbons (Fsp3) is 0.417. The molecule has 158 valence electrons. The quantitative estimate of drug-likeness (QED) is 0.483. The van der Waals surface area contributed by atoms with Crippen LogP contribution in [0.4, 0.5) is 11.4 Å². The van der Waals surface area contributed by atoms with Crippen LogP contribution in [0.15, 0.2) is 36.4 Å². The topological polar surface area (TPSA) is 61.0 Å². The van der Waals surface area contributed by atoms with E-state index in [0.717, 1.165) is 41.3 Å². The van der Waals surface area contributed by atoms with Crippen molar-refractivity contribution in [1.29, 1.82) is 0 Å². The third kappa shape index (κ3) is 4.31. The lowest BCUT2D eigenvalue weighted by Gasteiger charge is -2.24. The maximum Gasteiger partial charge on any atom is 0.255 e. The van der Waals surface area contributed by atoms with Gasteiger partial charge in [-0.15, -0.1) is 0 Å². The second-order valence-corrected chi connectivity index (χ2v) is 8.41. The Morgan fingerprint density at radius 3 is 2.50 bits per heavy atom. The number of nitrogens with one attached hydrogen (secondary N) is 2. The Morgan fingerprint density at radius 2 is 1.83 bits per heavy atom. The van der Waals surface area contributed by atoms with Crippen LogP contribution in [0.2, 0.25) is 5.02 Å². The van der Waals surface area contributed by atoms with E-state index >= 15 is 0 Å². The smallest absolute Gasteiger partial charge is 0.255 e. The number of anilines is 2. The molecule has 0 unspecified atom stereocenters. The number of H-pyrrole nitrogens is 1. The molecule has 0 bridgehead atoms. The molecule has 2 N–H and O–H groups in total. The second-order valence-electron chi connectivity index (χ2n) is 7.98. The highest BCUT2D eigenvalue weighted by Gasteiger charge is 2.21. The largest absolute Gasteiger partial charge is 0.370 e. The van der Waals surface area contributed by atoms with Gasteiger partial charge >= 0.3 is 0 Å². The van der Waals surface area contributed by atoms with Crippen molar-refractivity contribution in [3.8, 4) is 0 Å². The number of aromatic amines is 1. The molecule has 2 aromatic carbocycles. The van der Waals surface area contributed by atoms with Crippen LogP contribution in [-0.4, -0.2) is 29.0 Å². The van der Waals surface area contributed by atoms with Gasteiger partial charge < -0.3 is 15.2 Å². The molecule has 3 aromatic rings. The number of nitrogens with zero attached hydrogens (tertiary/aromatic N) is 2. The normalized spacial score (nSPS) is 14.8. The second kappa shape index (κ2) is 9.09. The summed E-state index contributed by atoms with van der Waals surface area (Å²) < 4.78 is 0. The predicted octanol–water partition coefficient (Wildman–Crippen LogP) is 6.36. The minimum Gasteiger partial charge on any atom is -0.370 e. The van der Waals surface area contributed by atoms with Crippen LogP contribution in [-0.2, 0) is 0 Å². The number of rotatable bonds is 6.